The van der Waals surface area contributed by atoms with Gasteiger partial charge in [-0.2, -0.15) is 0 Å². The van der Waals surface area contributed by atoms with Crippen LogP contribution in [0.3, 0.4) is 0 Å². The molecule has 1 aromatic heterocycles. The summed E-state index contributed by atoms with van der Waals surface area (Å²) >= 11 is 5.29. The maximum Gasteiger partial charge on any atom is 0.0704 e. The first-order valence-corrected chi connectivity index (χ1v) is 6.46. The van der Waals surface area contributed by atoms with Gasteiger partial charge in [0.05, 0.1) is 6.10 Å². The summed E-state index contributed by atoms with van der Waals surface area (Å²) in [6, 6.07) is 2.08. The Morgan fingerprint density at radius 3 is 2.93 bits per heavy atom. The number of aliphatic hydroxyl groups excluding tert-OH is 1. The van der Waals surface area contributed by atoms with E-state index in [0.29, 0.717) is 5.92 Å². The summed E-state index contributed by atoms with van der Waals surface area (Å²) in [7, 11) is 0. The summed E-state index contributed by atoms with van der Waals surface area (Å²) in [4.78, 5) is 3.66. The zero-order valence-electron chi connectivity index (χ0n) is 8.11. The van der Waals surface area contributed by atoms with E-state index >= 15 is 0 Å². The van der Waals surface area contributed by atoms with E-state index in [2.05, 4.69) is 39.2 Å². The van der Waals surface area contributed by atoms with E-state index in [0.717, 1.165) is 19.6 Å². The molecule has 2 nitrogen and oxygen atoms in total. The van der Waals surface area contributed by atoms with Crippen LogP contribution >= 0.6 is 27.3 Å². The summed E-state index contributed by atoms with van der Waals surface area (Å²) in [6.07, 6.45) is -0.145. The van der Waals surface area contributed by atoms with Gasteiger partial charge in [-0.3, -0.25) is 4.90 Å². The third-order valence-corrected chi connectivity index (χ3v) is 4.62. The zero-order valence-corrected chi connectivity index (χ0v) is 10.5. The highest BCUT2D eigenvalue weighted by molar-refractivity contribution is 9.10. The molecule has 1 aliphatic heterocycles. The van der Waals surface area contributed by atoms with Gasteiger partial charge in [0.25, 0.3) is 0 Å². The Morgan fingerprint density at radius 1 is 1.64 bits per heavy atom. The summed E-state index contributed by atoms with van der Waals surface area (Å²) in [6.45, 7) is 4.88. The van der Waals surface area contributed by atoms with Gasteiger partial charge in [-0.05, 0) is 33.3 Å². The number of aliphatic hydroxyl groups is 1. The second-order valence-electron chi connectivity index (χ2n) is 3.93. The Balaban J connectivity index is 1.97. The second-order valence-corrected chi connectivity index (χ2v) is 5.79. The summed E-state index contributed by atoms with van der Waals surface area (Å²) in [5.41, 5.74) is 0. The number of hydrogen-bond donors (Lipinski definition) is 1. The minimum Gasteiger partial charge on any atom is -0.391 e. The van der Waals surface area contributed by atoms with Crippen LogP contribution < -0.4 is 0 Å². The first kappa shape index (κ1) is 10.6. The van der Waals surface area contributed by atoms with Crippen LogP contribution in [0.5, 0.6) is 0 Å². The maximum absolute atomic E-state index is 9.62. The van der Waals surface area contributed by atoms with Crippen molar-refractivity contribution < 1.29 is 5.11 Å². The van der Waals surface area contributed by atoms with Gasteiger partial charge < -0.3 is 5.11 Å². The predicted molar refractivity (Wildman–Crippen MR) is 62.5 cm³/mol. The molecule has 2 unspecified atom stereocenters. The van der Waals surface area contributed by atoms with Crippen molar-refractivity contribution >= 4 is 27.3 Å². The molecule has 0 saturated carbocycles. The summed E-state index contributed by atoms with van der Waals surface area (Å²) < 4.78 is 1.19. The van der Waals surface area contributed by atoms with Crippen LogP contribution in [0.2, 0.25) is 0 Å². The molecule has 1 saturated heterocycles. The van der Waals surface area contributed by atoms with Crippen molar-refractivity contribution in [3.63, 3.8) is 0 Å². The molecular weight excluding hydrogens is 262 g/mol. The topological polar surface area (TPSA) is 23.5 Å². The second kappa shape index (κ2) is 4.31. The number of thiophene rings is 1. The fraction of sp³-hybridized carbons (Fsp3) is 0.600. The highest BCUT2D eigenvalue weighted by atomic mass is 79.9. The SMILES string of the molecule is CC1CN(Cc2sccc2Br)CC1O. The van der Waals surface area contributed by atoms with Gasteiger partial charge in [-0.1, -0.05) is 6.92 Å². The molecule has 2 rings (SSSR count). The molecule has 1 fully saturated rings. The number of rotatable bonds is 2. The quantitative estimate of drug-likeness (QED) is 0.896. The Bertz CT molecular complexity index is 305. The van der Waals surface area contributed by atoms with Crippen LogP contribution in [0.4, 0.5) is 0 Å². The van der Waals surface area contributed by atoms with Crippen LogP contribution in [0.1, 0.15) is 11.8 Å². The van der Waals surface area contributed by atoms with Crippen molar-refractivity contribution in [2.75, 3.05) is 13.1 Å². The molecule has 1 N–H and O–H groups in total. The molecule has 78 valence electrons. The van der Waals surface area contributed by atoms with Crippen molar-refractivity contribution in [1.82, 2.24) is 4.90 Å². The lowest BCUT2D eigenvalue weighted by atomic mass is 10.1. The minimum absolute atomic E-state index is 0.145. The van der Waals surface area contributed by atoms with Crippen LogP contribution in [-0.4, -0.2) is 29.2 Å². The standard InChI is InChI=1S/C10H14BrNOS/c1-7-4-12(5-9(7)13)6-10-8(11)2-3-14-10/h2-3,7,9,13H,4-6H2,1H3. The van der Waals surface area contributed by atoms with E-state index < -0.39 is 0 Å². The van der Waals surface area contributed by atoms with Crippen LogP contribution in [0.15, 0.2) is 15.9 Å². The zero-order chi connectivity index (χ0) is 10.1. The molecule has 0 aromatic carbocycles. The number of hydrogen-bond acceptors (Lipinski definition) is 3. The predicted octanol–water partition coefficient (Wildman–Crippen LogP) is 2.32. The minimum atomic E-state index is -0.145. The molecule has 0 radical (unpaired) electrons. The molecule has 1 aromatic rings. The van der Waals surface area contributed by atoms with Crippen LogP contribution in [-0.2, 0) is 6.54 Å². The molecule has 2 atom stereocenters. The first-order chi connectivity index (χ1) is 6.66. The van der Waals surface area contributed by atoms with Gasteiger partial charge in [0.1, 0.15) is 0 Å². The van der Waals surface area contributed by atoms with E-state index in [9.17, 15) is 5.11 Å². The lowest BCUT2D eigenvalue weighted by molar-refractivity contribution is 0.148. The van der Waals surface area contributed by atoms with Crippen molar-refractivity contribution in [3.05, 3.63) is 20.8 Å². The summed E-state index contributed by atoms with van der Waals surface area (Å²) in [5.74, 6) is 0.411. The van der Waals surface area contributed by atoms with Gasteiger partial charge in [0.2, 0.25) is 0 Å². The third kappa shape index (κ3) is 2.19. The third-order valence-electron chi connectivity index (χ3n) is 2.71. The lowest BCUT2D eigenvalue weighted by Gasteiger charge is -2.13. The molecular formula is C10H14BrNOS. The van der Waals surface area contributed by atoms with Gasteiger partial charge in [0, 0.05) is 29.0 Å². The Hall–Kier alpha value is 0.1000. The molecule has 0 aliphatic carbocycles. The fourth-order valence-corrected chi connectivity index (χ4v) is 3.34. The van der Waals surface area contributed by atoms with Crippen molar-refractivity contribution in [2.45, 2.75) is 19.6 Å². The van der Waals surface area contributed by atoms with Gasteiger partial charge in [-0.25, -0.2) is 0 Å². The number of likely N-dealkylation sites (tertiary alicyclic amines) is 1. The normalized spacial score (nSPS) is 28.5. The van der Waals surface area contributed by atoms with Gasteiger partial charge in [-0.15, -0.1) is 11.3 Å². The maximum atomic E-state index is 9.62. The van der Waals surface area contributed by atoms with Crippen LogP contribution in [0.25, 0.3) is 0 Å². The number of halogens is 1. The first-order valence-electron chi connectivity index (χ1n) is 4.79. The average molecular weight is 276 g/mol. The molecule has 0 amide bonds. The van der Waals surface area contributed by atoms with Crippen molar-refractivity contribution in [3.8, 4) is 0 Å². The fourth-order valence-electron chi connectivity index (χ4n) is 1.82. The monoisotopic (exact) mass is 275 g/mol. The average Bonchev–Trinajstić information content (AvgIpc) is 2.63. The molecule has 14 heavy (non-hydrogen) atoms. The highest BCUT2D eigenvalue weighted by Crippen LogP contribution is 2.26. The van der Waals surface area contributed by atoms with E-state index in [1.165, 1.54) is 9.35 Å². The van der Waals surface area contributed by atoms with E-state index in [4.69, 9.17) is 0 Å². The van der Waals surface area contributed by atoms with E-state index in [1.807, 2.05) is 0 Å². The van der Waals surface area contributed by atoms with E-state index in [1.54, 1.807) is 11.3 Å². The Kier molecular flexibility index (Phi) is 3.27. The highest BCUT2D eigenvalue weighted by Gasteiger charge is 2.27. The molecule has 0 spiro atoms. The van der Waals surface area contributed by atoms with Crippen LogP contribution in [0, 0.1) is 5.92 Å². The van der Waals surface area contributed by atoms with Gasteiger partial charge in [0.15, 0.2) is 0 Å². The van der Waals surface area contributed by atoms with Gasteiger partial charge >= 0.3 is 0 Å². The summed E-state index contributed by atoms with van der Waals surface area (Å²) in [5, 5.41) is 11.7. The molecule has 2 heterocycles. The van der Waals surface area contributed by atoms with Crippen molar-refractivity contribution in [1.29, 1.82) is 0 Å². The molecule has 4 heteroatoms. The molecule has 0 bridgehead atoms. The Labute approximate surface area is 96.7 Å². The lowest BCUT2D eigenvalue weighted by Crippen LogP contribution is -2.21. The number of nitrogens with zero attached hydrogens (tertiary/aromatic N) is 1. The van der Waals surface area contributed by atoms with E-state index in [-0.39, 0.29) is 6.10 Å². The van der Waals surface area contributed by atoms with Crippen molar-refractivity contribution in [2.24, 2.45) is 5.92 Å². The number of β-amino-alcohol motifs (C(OH)–C–C–N with tert-alkyl or cyclic N) is 1. The smallest absolute Gasteiger partial charge is 0.0704 e. The largest absolute Gasteiger partial charge is 0.391 e. The molecule has 1 aliphatic rings. The Morgan fingerprint density at radius 2 is 2.43 bits per heavy atom.